The first-order chi connectivity index (χ1) is 13.1. The van der Waals surface area contributed by atoms with Gasteiger partial charge in [-0.3, -0.25) is 14.4 Å². The van der Waals surface area contributed by atoms with Gasteiger partial charge in [0.25, 0.3) is 5.91 Å². The molecule has 1 N–H and O–H groups in total. The van der Waals surface area contributed by atoms with Crippen LogP contribution in [0.5, 0.6) is 0 Å². The van der Waals surface area contributed by atoms with E-state index in [1.165, 1.54) is 0 Å². The van der Waals surface area contributed by atoms with Crippen molar-refractivity contribution in [2.24, 2.45) is 5.92 Å². The van der Waals surface area contributed by atoms with Crippen LogP contribution >= 0.6 is 0 Å². The van der Waals surface area contributed by atoms with Crippen molar-refractivity contribution in [1.82, 2.24) is 9.88 Å². The summed E-state index contributed by atoms with van der Waals surface area (Å²) in [4.78, 5) is 40.8. The van der Waals surface area contributed by atoms with Gasteiger partial charge in [0.2, 0.25) is 0 Å². The van der Waals surface area contributed by atoms with Crippen LogP contribution in [0.2, 0.25) is 0 Å². The molecule has 1 aliphatic rings. The number of benzene rings is 1. The van der Waals surface area contributed by atoms with Crippen molar-refractivity contribution in [2.45, 2.75) is 26.2 Å². The second kappa shape index (κ2) is 8.70. The Morgan fingerprint density at radius 3 is 2.63 bits per heavy atom. The Morgan fingerprint density at radius 1 is 1.15 bits per heavy atom. The third kappa shape index (κ3) is 4.67. The molecular weight excluding hydrogens is 348 g/mol. The highest BCUT2D eigenvalue weighted by Gasteiger charge is 2.28. The lowest BCUT2D eigenvalue weighted by molar-refractivity contribution is -0.154. The molecule has 7 nitrogen and oxygen atoms in total. The van der Waals surface area contributed by atoms with Crippen LogP contribution in [0, 0.1) is 5.92 Å². The van der Waals surface area contributed by atoms with E-state index in [-0.39, 0.29) is 30.8 Å². The lowest BCUT2D eigenvalue weighted by atomic mass is 9.97. The molecule has 0 aliphatic carbocycles. The van der Waals surface area contributed by atoms with Crippen molar-refractivity contribution in [3.63, 3.8) is 0 Å². The average molecular weight is 372 g/mol. The van der Waals surface area contributed by atoms with Crippen LogP contribution in [0.1, 0.15) is 25.3 Å². The number of nitrogens with one attached hydrogen (secondary N) is 1. The van der Waals surface area contributed by atoms with E-state index in [4.69, 9.17) is 9.47 Å². The molecular formula is C20H24N2O5. The Kier molecular flexibility index (Phi) is 6.11. The van der Waals surface area contributed by atoms with Crippen molar-refractivity contribution in [1.29, 1.82) is 0 Å². The number of ether oxygens (including phenoxy) is 2. The predicted octanol–water partition coefficient (Wildman–Crippen LogP) is 2.06. The SMILES string of the molecule is CCOC(=O)C1CCN(C(=O)COC(=O)Cc2c[nH]c3ccccc23)CC1. The van der Waals surface area contributed by atoms with Gasteiger partial charge >= 0.3 is 11.9 Å². The summed E-state index contributed by atoms with van der Waals surface area (Å²) in [6, 6.07) is 7.71. The highest BCUT2D eigenvalue weighted by Crippen LogP contribution is 2.20. The summed E-state index contributed by atoms with van der Waals surface area (Å²) in [5.74, 6) is -1.02. The van der Waals surface area contributed by atoms with Gasteiger partial charge in [0.05, 0.1) is 18.9 Å². The summed E-state index contributed by atoms with van der Waals surface area (Å²) in [5.41, 5.74) is 1.80. The normalized spacial score (nSPS) is 14.9. The van der Waals surface area contributed by atoms with E-state index in [9.17, 15) is 14.4 Å². The molecule has 2 aromatic rings. The lowest BCUT2D eigenvalue weighted by Crippen LogP contribution is -2.42. The molecule has 0 radical (unpaired) electrons. The molecule has 3 rings (SSSR count). The molecule has 0 spiro atoms. The summed E-state index contributed by atoms with van der Waals surface area (Å²) in [7, 11) is 0. The van der Waals surface area contributed by atoms with E-state index in [0.717, 1.165) is 16.5 Å². The maximum atomic E-state index is 12.2. The van der Waals surface area contributed by atoms with Gasteiger partial charge < -0.3 is 19.4 Å². The molecule has 1 aromatic carbocycles. The predicted molar refractivity (Wildman–Crippen MR) is 98.9 cm³/mol. The van der Waals surface area contributed by atoms with E-state index < -0.39 is 5.97 Å². The topological polar surface area (TPSA) is 88.7 Å². The molecule has 0 bridgehead atoms. The number of piperidine rings is 1. The first-order valence-corrected chi connectivity index (χ1v) is 9.23. The number of carbonyl (C=O) groups excluding carboxylic acids is 3. The molecule has 144 valence electrons. The van der Waals surface area contributed by atoms with Gasteiger partial charge in [-0.15, -0.1) is 0 Å². The van der Waals surface area contributed by atoms with Gasteiger partial charge in [0.1, 0.15) is 0 Å². The molecule has 1 aliphatic heterocycles. The number of aromatic nitrogens is 1. The third-order valence-electron chi connectivity index (χ3n) is 4.83. The van der Waals surface area contributed by atoms with Crippen molar-refractivity contribution in [3.05, 3.63) is 36.0 Å². The highest BCUT2D eigenvalue weighted by atomic mass is 16.5. The van der Waals surface area contributed by atoms with E-state index in [2.05, 4.69) is 4.98 Å². The van der Waals surface area contributed by atoms with Crippen LogP contribution in [-0.4, -0.2) is 54.0 Å². The minimum absolute atomic E-state index is 0.113. The molecule has 0 saturated carbocycles. The number of esters is 2. The molecule has 1 fully saturated rings. The summed E-state index contributed by atoms with van der Waals surface area (Å²) in [6.45, 7) is 2.82. The molecule has 7 heteroatoms. The van der Waals surface area contributed by atoms with Gasteiger partial charge in [-0.1, -0.05) is 18.2 Å². The van der Waals surface area contributed by atoms with Crippen molar-refractivity contribution in [2.75, 3.05) is 26.3 Å². The zero-order valence-electron chi connectivity index (χ0n) is 15.4. The first-order valence-electron chi connectivity index (χ1n) is 9.23. The Morgan fingerprint density at radius 2 is 1.89 bits per heavy atom. The van der Waals surface area contributed by atoms with E-state index in [1.54, 1.807) is 18.0 Å². The van der Waals surface area contributed by atoms with Gasteiger partial charge in [-0.05, 0) is 31.4 Å². The number of aromatic amines is 1. The number of rotatable bonds is 6. The first kappa shape index (κ1) is 18.9. The van der Waals surface area contributed by atoms with Gasteiger partial charge in [-0.2, -0.15) is 0 Å². The summed E-state index contributed by atoms with van der Waals surface area (Å²) < 4.78 is 10.2. The van der Waals surface area contributed by atoms with E-state index in [0.29, 0.717) is 32.5 Å². The largest absolute Gasteiger partial charge is 0.466 e. The van der Waals surface area contributed by atoms with Crippen LogP contribution in [0.25, 0.3) is 10.9 Å². The molecule has 0 atom stereocenters. The third-order valence-corrected chi connectivity index (χ3v) is 4.83. The number of H-pyrrole nitrogens is 1. The number of amides is 1. The van der Waals surface area contributed by atoms with Crippen LogP contribution in [0.4, 0.5) is 0 Å². The average Bonchev–Trinajstić information content (AvgIpc) is 3.09. The molecule has 1 saturated heterocycles. The quantitative estimate of drug-likeness (QED) is 0.784. The molecule has 0 unspecified atom stereocenters. The highest BCUT2D eigenvalue weighted by molar-refractivity contribution is 5.88. The Balaban J connectivity index is 1.44. The number of likely N-dealkylation sites (tertiary alicyclic amines) is 1. The Labute approximate surface area is 157 Å². The fourth-order valence-corrected chi connectivity index (χ4v) is 3.34. The molecule has 1 amide bonds. The maximum Gasteiger partial charge on any atom is 0.310 e. The Bertz CT molecular complexity index is 821. The second-order valence-corrected chi connectivity index (χ2v) is 6.60. The van der Waals surface area contributed by atoms with Gasteiger partial charge in [-0.25, -0.2) is 0 Å². The standard InChI is InChI=1S/C20H24N2O5/c1-2-26-20(25)14-7-9-22(10-8-14)18(23)13-27-19(24)11-15-12-21-17-6-4-3-5-16(15)17/h3-6,12,14,21H,2,7-11,13H2,1H3. The van der Waals surface area contributed by atoms with Gasteiger partial charge in [0, 0.05) is 30.2 Å². The summed E-state index contributed by atoms with van der Waals surface area (Å²) in [5, 5.41) is 0.974. The zero-order valence-corrected chi connectivity index (χ0v) is 15.4. The van der Waals surface area contributed by atoms with E-state index >= 15 is 0 Å². The number of fused-ring (bicyclic) bond motifs is 1. The van der Waals surface area contributed by atoms with Crippen LogP contribution in [0.15, 0.2) is 30.5 Å². The lowest BCUT2D eigenvalue weighted by Gasteiger charge is -2.30. The molecule has 27 heavy (non-hydrogen) atoms. The van der Waals surface area contributed by atoms with Crippen LogP contribution in [-0.2, 0) is 30.3 Å². The zero-order chi connectivity index (χ0) is 19.2. The number of nitrogens with zero attached hydrogens (tertiary/aromatic N) is 1. The second-order valence-electron chi connectivity index (χ2n) is 6.60. The minimum atomic E-state index is -0.436. The number of hydrogen-bond acceptors (Lipinski definition) is 5. The monoisotopic (exact) mass is 372 g/mol. The van der Waals surface area contributed by atoms with Crippen LogP contribution in [0.3, 0.4) is 0 Å². The van der Waals surface area contributed by atoms with Crippen molar-refractivity contribution >= 4 is 28.7 Å². The fraction of sp³-hybridized carbons (Fsp3) is 0.450. The smallest absolute Gasteiger partial charge is 0.310 e. The van der Waals surface area contributed by atoms with Crippen LogP contribution < -0.4 is 0 Å². The Hall–Kier alpha value is -2.83. The molecule has 2 heterocycles. The summed E-state index contributed by atoms with van der Waals surface area (Å²) in [6.07, 6.45) is 3.05. The van der Waals surface area contributed by atoms with Crippen molar-refractivity contribution < 1.29 is 23.9 Å². The van der Waals surface area contributed by atoms with E-state index in [1.807, 2.05) is 24.3 Å². The summed E-state index contributed by atoms with van der Waals surface area (Å²) >= 11 is 0. The number of para-hydroxylation sites is 1. The molecule has 1 aromatic heterocycles. The van der Waals surface area contributed by atoms with Crippen molar-refractivity contribution in [3.8, 4) is 0 Å². The maximum absolute atomic E-state index is 12.2. The number of hydrogen-bond donors (Lipinski definition) is 1. The minimum Gasteiger partial charge on any atom is -0.466 e. The number of carbonyl (C=O) groups is 3. The van der Waals surface area contributed by atoms with Gasteiger partial charge in [0.15, 0.2) is 6.61 Å². The fourth-order valence-electron chi connectivity index (χ4n) is 3.34.